The van der Waals surface area contributed by atoms with Crippen molar-refractivity contribution in [2.24, 2.45) is 0 Å². The lowest BCUT2D eigenvalue weighted by Crippen LogP contribution is -2.33. The van der Waals surface area contributed by atoms with Crippen molar-refractivity contribution in [2.75, 3.05) is 12.8 Å². The van der Waals surface area contributed by atoms with Gasteiger partial charge >= 0.3 is 5.97 Å². The van der Waals surface area contributed by atoms with Gasteiger partial charge in [0.1, 0.15) is 23.2 Å². The Hall–Kier alpha value is -2.44. The van der Waals surface area contributed by atoms with Gasteiger partial charge in [-0.05, 0) is 62.6 Å². The van der Waals surface area contributed by atoms with Crippen molar-refractivity contribution in [3.8, 4) is 0 Å². The number of unbranched alkanes of at least 4 members (excludes halogenated alkanes) is 4. The molecule has 0 atom stereocenters. The number of esters is 1. The number of carbonyl (C=O) groups excluding carboxylic acids is 1. The highest BCUT2D eigenvalue weighted by Crippen LogP contribution is 2.55. The fourth-order valence-corrected chi connectivity index (χ4v) is 8.67. The zero-order valence-corrected chi connectivity index (χ0v) is 19.5. The number of hydrogen-bond donors (Lipinski definition) is 0. The Morgan fingerprint density at radius 2 is 1.06 bits per heavy atom. The van der Waals surface area contributed by atoms with Crippen molar-refractivity contribution in [1.29, 1.82) is 0 Å². The first-order chi connectivity index (χ1) is 15.3. The van der Waals surface area contributed by atoms with Gasteiger partial charge in [-0.15, -0.1) is 0 Å². The van der Waals surface area contributed by atoms with Gasteiger partial charge in [0.2, 0.25) is 0 Å². The number of hydrogen-bond acceptors (Lipinski definition) is 2. The van der Waals surface area contributed by atoms with Crippen molar-refractivity contribution in [3.63, 3.8) is 0 Å². The smallest absolute Gasteiger partial charge is 0.305 e. The van der Waals surface area contributed by atoms with Crippen LogP contribution in [0, 0.1) is 0 Å². The molecule has 3 aromatic carbocycles. The summed E-state index contributed by atoms with van der Waals surface area (Å²) in [6.45, 7) is 2.34. The third-order valence-corrected chi connectivity index (χ3v) is 10.3. The van der Waals surface area contributed by atoms with Gasteiger partial charge in [0.05, 0.1) is 12.8 Å². The van der Waals surface area contributed by atoms with Gasteiger partial charge in [0.15, 0.2) is 0 Å². The van der Waals surface area contributed by atoms with Crippen LogP contribution in [0.1, 0.15) is 45.4 Å². The molecule has 162 valence electrons. The summed E-state index contributed by atoms with van der Waals surface area (Å²) in [6, 6.07) is 33.2. The Bertz CT molecular complexity index is 797. The Labute approximate surface area is 188 Å². The number of benzene rings is 3. The Kier molecular flexibility index (Phi) is 9.31. The lowest BCUT2D eigenvalue weighted by Gasteiger charge is -2.27. The van der Waals surface area contributed by atoms with Gasteiger partial charge in [-0.1, -0.05) is 67.4 Å². The summed E-state index contributed by atoms with van der Waals surface area (Å²) in [5.41, 5.74) is 0. The van der Waals surface area contributed by atoms with E-state index in [1.807, 2.05) is 6.92 Å². The van der Waals surface area contributed by atoms with E-state index in [1.165, 1.54) is 34.9 Å². The minimum Gasteiger partial charge on any atom is -0.466 e. The maximum Gasteiger partial charge on any atom is 0.305 e. The van der Waals surface area contributed by atoms with Crippen molar-refractivity contribution in [3.05, 3.63) is 91.0 Å². The molecule has 0 saturated carbocycles. The minimum absolute atomic E-state index is 0.0651. The van der Waals surface area contributed by atoms with Gasteiger partial charge in [0.25, 0.3) is 0 Å². The molecule has 0 aromatic heterocycles. The van der Waals surface area contributed by atoms with Gasteiger partial charge in [-0.2, -0.15) is 0 Å². The molecular formula is C28H34O2P+. The van der Waals surface area contributed by atoms with Crippen LogP contribution < -0.4 is 15.9 Å². The van der Waals surface area contributed by atoms with Gasteiger partial charge in [-0.3, -0.25) is 4.79 Å². The standard InChI is InChI=1S/C28H34O2P/c1-2-30-28(29)23-15-4-3-5-16-24-31(25-17-9-6-10-18-25,26-19-11-7-12-20-26)27-21-13-8-14-22-27/h6-14,17-22H,2-5,15-16,23-24H2,1H3/q+1. The highest BCUT2D eigenvalue weighted by molar-refractivity contribution is 7.95. The van der Waals surface area contributed by atoms with E-state index in [0.717, 1.165) is 19.3 Å². The lowest BCUT2D eigenvalue weighted by molar-refractivity contribution is -0.143. The predicted molar refractivity (Wildman–Crippen MR) is 134 cm³/mol. The first kappa shape index (κ1) is 23.2. The zero-order valence-electron chi connectivity index (χ0n) is 18.6. The van der Waals surface area contributed by atoms with Crippen LogP contribution in [0.4, 0.5) is 0 Å². The second kappa shape index (κ2) is 12.4. The lowest BCUT2D eigenvalue weighted by atomic mass is 10.1. The predicted octanol–water partition coefficient (Wildman–Crippen LogP) is 5.88. The van der Waals surface area contributed by atoms with Crippen molar-refractivity contribution >= 4 is 29.1 Å². The SMILES string of the molecule is CCOC(=O)CCCCCCC[P+](c1ccccc1)(c1ccccc1)c1ccccc1. The molecular weight excluding hydrogens is 399 g/mol. The highest BCUT2D eigenvalue weighted by atomic mass is 31.2. The van der Waals surface area contributed by atoms with Crippen molar-refractivity contribution in [2.45, 2.75) is 45.4 Å². The first-order valence-corrected chi connectivity index (χ1v) is 13.5. The molecule has 0 N–H and O–H groups in total. The van der Waals surface area contributed by atoms with Crippen LogP contribution in [0.2, 0.25) is 0 Å². The third-order valence-electron chi connectivity index (χ3n) is 5.77. The molecule has 0 saturated heterocycles. The average Bonchev–Trinajstić information content (AvgIpc) is 2.83. The summed E-state index contributed by atoms with van der Waals surface area (Å²) in [6.07, 6.45) is 7.27. The second-order valence-electron chi connectivity index (χ2n) is 7.86. The Balaban J connectivity index is 1.75. The van der Waals surface area contributed by atoms with Crippen LogP contribution in [0.3, 0.4) is 0 Å². The summed E-state index contributed by atoms with van der Waals surface area (Å²) in [5.74, 6) is -0.0651. The van der Waals surface area contributed by atoms with E-state index in [4.69, 9.17) is 4.74 Å². The number of carbonyl (C=O) groups is 1. The summed E-state index contributed by atoms with van der Waals surface area (Å²) < 4.78 is 5.03. The topological polar surface area (TPSA) is 26.3 Å². The molecule has 3 heteroatoms. The van der Waals surface area contributed by atoms with E-state index >= 15 is 0 Å². The molecule has 0 spiro atoms. The molecule has 0 radical (unpaired) electrons. The molecule has 0 unspecified atom stereocenters. The van der Waals surface area contributed by atoms with Crippen LogP contribution in [-0.2, 0) is 9.53 Å². The van der Waals surface area contributed by atoms with E-state index in [0.29, 0.717) is 13.0 Å². The molecule has 0 fully saturated rings. The molecule has 2 nitrogen and oxygen atoms in total. The van der Waals surface area contributed by atoms with Crippen LogP contribution in [0.15, 0.2) is 91.0 Å². The van der Waals surface area contributed by atoms with E-state index in [-0.39, 0.29) is 5.97 Å². The van der Waals surface area contributed by atoms with E-state index < -0.39 is 7.26 Å². The van der Waals surface area contributed by atoms with Crippen LogP contribution >= 0.6 is 7.26 Å². The summed E-state index contributed by atoms with van der Waals surface area (Å²) in [5, 5.41) is 4.36. The third kappa shape index (κ3) is 6.28. The molecule has 0 amide bonds. The van der Waals surface area contributed by atoms with E-state index in [2.05, 4.69) is 91.0 Å². The summed E-state index contributed by atoms with van der Waals surface area (Å²) >= 11 is 0. The van der Waals surface area contributed by atoms with Gasteiger partial charge < -0.3 is 4.74 Å². The quantitative estimate of drug-likeness (QED) is 0.202. The van der Waals surface area contributed by atoms with Crippen molar-refractivity contribution in [1.82, 2.24) is 0 Å². The molecule has 0 aliphatic rings. The molecule has 0 heterocycles. The monoisotopic (exact) mass is 433 g/mol. The number of rotatable bonds is 12. The van der Waals surface area contributed by atoms with Crippen LogP contribution in [-0.4, -0.2) is 18.7 Å². The molecule has 3 rings (SSSR count). The van der Waals surface area contributed by atoms with E-state index in [1.54, 1.807) is 0 Å². The van der Waals surface area contributed by atoms with Gasteiger partial charge in [-0.25, -0.2) is 0 Å². The van der Waals surface area contributed by atoms with Gasteiger partial charge in [0, 0.05) is 6.42 Å². The minimum atomic E-state index is -1.71. The maximum absolute atomic E-state index is 11.5. The van der Waals surface area contributed by atoms with E-state index in [9.17, 15) is 4.79 Å². The number of ether oxygens (including phenoxy) is 1. The largest absolute Gasteiger partial charge is 0.466 e. The Morgan fingerprint density at radius 3 is 1.52 bits per heavy atom. The fraction of sp³-hybridized carbons (Fsp3) is 0.321. The molecule has 0 bridgehead atoms. The molecule has 0 aliphatic heterocycles. The fourth-order valence-electron chi connectivity index (χ4n) is 4.26. The van der Waals surface area contributed by atoms with Crippen LogP contribution in [0.25, 0.3) is 0 Å². The van der Waals surface area contributed by atoms with Crippen molar-refractivity contribution < 1.29 is 9.53 Å². The Morgan fingerprint density at radius 1 is 0.645 bits per heavy atom. The second-order valence-corrected chi connectivity index (χ2v) is 11.5. The normalized spacial score (nSPS) is 11.3. The first-order valence-electron chi connectivity index (χ1n) is 11.5. The molecule has 0 aliphatic carbocycles. The maximum atomic E-state index is 11.5. The molecule has 3 aromatic rings. The summed E-state index contributed by atoms with van der Waals surface area (Å²) in [7, 11) is -1.71. The molecule has 31 heavy (non-hydrogen) atoms. The summed E-state index contributed by atoms with van der Waals surface area (Å²) in [4.78, 5) is 11.5. The van der Waals surface area contributed by atoms with Crippen LogP contribution in [0.5, 0.6) is 0 Å². The average molecular weight is 434 g/mol. The highest BCUT2D eigenvalue weighted by Gasteiger charge is 2.44. The zero-order chi connectivity index (χ0) is 21.8.